The minimum atomic E-state index is -2.87. The lowest BCUT2D eigenvalue weighted by Gasteiger charge is -2.19. The van der Waals surface area contributed by atoms with Crippen molar-refractivity contribution < 1.29 is 8.42 Å². The molecule has 1 unspecified atom stereocenters. The summed E-state index contributed by atoms with van der Waals surface area (Å²) in [5.74, 6) is 1.14. The first-order valence-corrected chi connectivity index (χ1v) is 6.96. The van der Waals surface area contributed by atoms with Gasteiger partial charge in [0.15, 0.2) is 9.84 Å². The number of nitrogens with zero attached hydrogens (tertiary/aromatic N) is 2. The highest BCUT2D eigenvalue weighted by atomic mass is 79.9. The molecule has 1 N–H and O–H groups in total. The second kappa shape index (κ2) is 3.62. The van der Waals surface area contributed by atoms with E-state index in [1.165, 1.54) is 0 Å². The molecule has 0 aliphatic carbocycles. The molecule has 5 nitrogen and oxygen atoms in total. The van der Waals surface area contributed by atoms with Gasteiger partial charge in [0.25, 0.3) is 0 Å². The van der Waals surface area contributed by atoms with Gasteiger partial charge in [-0.25, -0.2) is 13.4 Å². The molecule has 1 aromatic heterocycles. The van der Waals surface area contributed by atoms with Crippen LogP contribution in [-0.2, 0) is 9.84 Å². The number of rotatable bonds is 1. The fourth-order valence-corrected chi connectivity index (χ4v) is 3.66. The van der Waals surface area contributed by atoms with Crippen molar-refractivity contribution in [3.8, 4) is 0 Å². The Labute approximate surface area is 90.4 Å². The predicted molar refractivity (Wildman–Crippen MR) is 54.7 cm³/mol. The van der Waals surface area contributed by atoms with Crippen LogP contribution in [0.15, 0.2) is 4.73 Å². The van der Waals surface area contributed by atoms with Gasteiger partial charge < -0.3 is 0 Å². The van der Waals surface area contributed by atoms with E-state index in [4.69, 9.17) is 0 Å². The first kappa shape index (κ1) is 10.1. The molecule has 1 atom stereocenters. The topological polar surface area (TPSA) is 75.7 Å². The smallest absolute Gasteiger partial charge is 0.217 e. The Hall–Kier alpha value is -0.430. The summed E-state index contributed by atoms with van der Waals surface area (Å²) in [5.41, 5.74) is 0. The van der Waals surface area contributed by atoms with E-state index < -0.39 is 9.84 Å². The number of halogens is 1. The summed E-state index contributed by atoms with van der Waals surface area (Å²) in [7, 11) is -2.87. The van der Waals surface area contributed by atoms with Crippen molar-refractivity contribution in [1.82, 2.24) is 15.2 Å². The standard InChI is InChI=1S/C7H10BrN3O2S/c8-7-9-6(10-11-7)5-2-1-3-14(12,13)4-5/h5H,1-4H2,(H,9,10,11). The largest absolute Gasteiger partial charge is 0.262 e. The van der Waals surface area contributed by atoms with Crippen molar-refractivity contribution in [2.45, 2.75) is 18.8 Å². The monoisotopic (exact) mass is 279 g/mol. The number of sulfone groups is 1. The maximum Gasteiger partial charge on any atom is 0.217 e. The molecule has 0 spiro atoms. The molecule has 0 radical (unpaired) electrons. The van der Waals surface area contributed by atoms with Crippen LogP contribution in [0, 0.1) is 0 Å². The van der Waals surface area contributed by atoms with Gasteiger partial charge in [-0.2, -0.15) is 0 Å². The molecule has 14 heavy (non-hydrogen) atoms. The fraction of sp³-hybridized carbons (Fsp3) is 0.714. The molecule has 1 saturated heterocycles. The fourth-order valence-electron chi connectivity index (χ4n) is 1.67. The third-order valence-corrected chi connectivity index (χ3v) is 4.50. The Morgan fingerprint density at radius 3 is 2.86 bits per heavy atom. The predicted octanol–water partition coefficient (Wildman–Crippen LogP) is 0.859. The molecule has 0 saturated carbocycles. The first-order chi connectivity index (χ1) is 6.57. The van der Waals surface area contributed by atoms with Crippen LogP contribution >= 0.6 is 15.9 Å². The number of hydrogen-bond donors (Lipinski definition) is 1. The molecule has 0 bridgehead atoms. The van der Waals surface area contributed by atoms with Crippen molar-refractivity contribution in [2.75, 3.05) is 11.5 Å². The lowest BCUT2D eigenvalue weighted by molar-refractivity contribution is 0.544. The molecule has 2 heterocycles. The van der Waals surface area contributed by atoms with Gasteiger partial charge in [-0.05, 0) is 28.8 Å². The summed E-state index contributed by atoms with van der Waals surface area (Å²) >= 11 is 3.12. The van der Waals surface area contributed by atoms with Crippen LogP contribution < -0.4 is 0 Å². The van der Waals surface area contributed by atoms with E-state index >= 15 is 0 Å². The number of nitrogens with one attached hydrogen (secondary N) is 1. The van der Waals surface area contributed by atoms with Gasteiger partial charge in [0.1, 0.15) is 5.82 Å². The maximum absolute atomic E-state index is 11.4. The minimum absolute atomic E-state index is 0.0208. The minimum Gasteiger partial charge on any atom is -0.262 e. The van der Waals surface area contributed by atoms with Crippen molar-refractivity contribution in [1.29, 1.82) is 0 Å². The van der Waals surface area contributed by atoms with Gasteiger partial charge in [0.05, 0.1) is 11.5 Å². The molecule has 1 aliphatic heterocycles. The van der Waals surface area contributed by atoms with Gasteiger partial charge in [-0.15, -0.1) is 5.10 Å². The van der Waals surface area contributed by atoms with E-state index in [0.717, 1.165) is 6.42 Å². The number of H-pyrrole nitrogens is 1. The lowest BCUT2D eigenvalue weighted by atomic mass is 10.1. The maximum atomic E-state index is 11.4. The second-order valence-electron chi connectivity index (χ2n) is 3.44. The van der Waals surface area contributed by atoms with Gasteiger partial charge in [-0.1, -0.05) is 0 Å². The zero-order chi connectivity index (χ0) is 10.2. The number of aromatic nitrogens is 3. The number of aromatic amines is 1. The Morgan fingerprint density at radius 2 is 2.29 bits per heavy atom. The van der Waals surface area contributed by atoms with Gasteiger partial charge in [-0.3, -0.25) is 5.10 Å². The third kappa shape index (κ3) is 2.14. The normalized spacial score (nSPS) is 26.2. The molecule has 2 rings (SSSR count). The van der Waals surface area contributed by atoms with E-state index in [9.17, 15) is 8.42 Å². The van der Waals surface area contributed by atoms with E-state index in [1.54, 1.807) is 0 Å². The molecule has 1 fully saturated rings. The Morgan fingerprint density at radius 1 is 1.50 bits per heavy atom. The van der Waals surface area contributed by atoms with Crippen molar-refractivity contribution in [2.24, 2.45) is 0 Å². The average Bonchev–Trinajstić information content (AvgIpc) is 2.50. The molecular weight excluding hydrogens is 270 g/mol. The quantitative estimate of drug-likeness (QED) is 0.827. The molecule has 78 valence electrons. The van der Waals surface area contributed by atoms with E-state index in [2.05, 4.69) is 31.1 Å². The summed E-state index contributed by atoms with van der Waals surface area (Å²) in [6.07, 6.45) is 1.58. The summed E-state index contributed by atoms with van der Waals surface area (Å²) in [6.45, 7) is 0. The Balaban J connectivity index is 2.20. The zero-order valence-corrected chi connectivity index (χ0v) is 9.81. The van der Waals surface area contributed by atoms with E-state index in [-0.39, 0.29) is 11.7 Å². The zero-order valence-electron chi connectivity index (χ0n) is 7.40. The molecular formula is C7H10BrN3O2S. The van der Waals surface area contributed by atoms with Gasteiger partial charge >= 0.3 is 0 Å². The van der Waals surface area contributed by atoms with E-state index in [1.807, 2.05) is 0 Å². The van der Waals surface area contributed by atoms with Crippen LogP contribution in [0.2, 0.25) is 0 Å². The number of hydrogen-bond acceptors (Lipinski definition) is 4. The highest BCUT2D eigenvalue weighted by Gasteiger charge is 2.27. The summed E-state index contributed by atoms with van der Waals surface area (Å²) in [5, 5.41) is 6.57. The van der Waals surface area contributed by atoms with Gasteiger partial charge in [0, 0.05) is 5.92 Å². The van der Waals surface area contributed by atoms with Crippen LogP contribution in [0.3, 0.4) is 0 Å². The SMILES string of the molecule is O=S1(=O)CCCC(c2nc(Br)n[nH]2)C1. The van der Waals surface area contributed by atoms with Crippen molar-refractivity contribution >= 4 is 25.8 Å². The average molecular weight is 280 g/mol. The molecule has 1 aliphatic rings. The Bertz CT molecular complexity index is 428. The third-order valence-electron chi connectivity index (χ3n) is 2.33. The van der Waals surface area contributed by atoms with Crippen molar-refractivity contribution in [3.05, 3.63) is 10.6 Å². The summed E-state index contributed by atoms with van der Waals surface area (Å²) in [6, 6.07) is 0. The molecule has 7 heteroatoms. The Kier molecular flexibility index (Phi) is 2.61. The molecule has 1 aromatic rings. The van der Waals surface area contributed by atoms with Gasteiger partial charge in [0.2, 0.25) is 4.73 Å². The highest BCUT2D eigenvalue weighted by Crippen LogP contribution is 2.26. The lowest BCUT2D eigenvalue weighted by Crippen LogP contribution is -2.24. The molecule has 0 aromatic carbocycles. The molecule has 0 amide bonds. The van der Waals surface area contributed by atoms with Crippen LogP contribution in [0.4, 0.5) is 0 Å². The highest BCUT2D eigenvalue weighted by molar-refractivity contribution is 9.10. The summed E-state index contributed by atoms with van der Waals surface area (Å²) in [4.78, 5) is 4.09. The van der Waals surface area contributed by atoms with Crippen LogP contribution in [0.5, 0.6) is 0 Å². The van der Waals surface area contributed by atoms with Crippen LogP contribution in [0.25, 0.3) is 0 Å². The first-order valence-electron chi connectivity index (χ1n) is 4.35. The van der Waals surface area contributed by atoms with Crippen LogP contribution in [0.1, 0.15) is 24.6 Å². The van der Waals surface area contributed by atoms with E-state index in [0.29, 0.717) is 22.7 Å². The summed E-state index contributed by atoms with van der Waals surface area (Å²) < 4.78 is 23.2. The second-order valence-corrected chi connectivity index (χ2v) is 6.38. The van der Waals surface area contributed by atoms with Crippen LogP contribution in [-0.4, -0.2) is 35.1 Å². The van der Waals surface area contributed by atoms with Crippen molar-refractivity contribution in [3.63, 3.8) is 0 Å².